The summed E-state index contributed by atoms with van der Waals surface area (Å²) in [6.07, 6.45) is 1.44. The number of pyridine rings is 1. The minimum Gasteiger partial charge on any atom is -0.379 e. The SMILES string of the molecule is CC(C)CNc1ccnc(Cl)c1[N+](=O)[O-]. The second kappa shape index (κ2) is 4.93. The molecule has 82 valence electrons. The Balaban J connectivity index is 2.96. The molecule has 0 fully saturated rings. The second-order valence-corrected chi connectivity index (χ2v) is 3.89. The number of aromatic nitrogens is 1. The summed E-state index contributed by atoms with van der Waals surface area (Å²) in [7, 11) is 0. The van der Waals surface area contributed by atoms with Gasteiger partial charge in [0.05, 0.1) is 4.92 Å². The number of nitrogens with one attached hydrogen (secondary N) is 1. The molecule has 0 unspecified atom stereocenters. The molecule has 5 nitrogen and oxygen atoms in total. The summed E-state index contributed by atoms with van der Waals surface area (Å²) in [5, 5.41) is 13.6. The molecule has 1 rings (SSSR count). The summed E-state index contributed by atoms with van der Waals surface area (Å²) in [4.78, 5) is 13.9. The normalized spacial score (nSPS) is 10.4. The van der Waals surface area contributed by atoms with Crippen molar-refractivity contribution >= 4 is 23.0 Å². The number of rotatable bonds is 4. The first-order valence-corrected chi connectivity index (χ1v) is 4.93. The third-order valence-corrected chi connectivity index (χ3v) is 2.04. The van der Waals surface area contributed by atoms with E-state index in [2.05, 4.69) is 10.3 Å². The van der Waals surface area contributed by atoms with Crippen molar-refractivity contribution in [1.82, 2.24) is 4.98 Å². The van der Waals surface area contributed by atoms with Gasteiger partial charge in [-0.05, 0) is 12.0 Å². The van der Waals surface area contributed by atoms with E-state index in [9.17, 15) is 10.1 Å². The second-order valence-electron chi connectivity index (χ2n) is 3.53. The van der Waals surface area contributed by atoms with Crippen LogP contribution in [0.3, 0.4) is 0 Å². The Morgan fingerprint density at radius 3 is 2.87 bits per heavy atom. The summed E-state index contributed by atoms with van der Waals surface area (Å²) in [6.45, 7) is 4.68. The Morgan fingerprint density at radius 1 is 1.67 bits per heavy atom. The molecule has 1 aromatic heterocycles. The number of nitrogens with zero attached hydrogens (tertiary/aromatic N) is 2. The van der Waals surface area contributed by atoms with Gasteiger partial charge in [0.15, 0.2) is 0 Å². The molecule has 0 aliphatic carbocycles. The highest BCUT2D eigenvalue weighted by atomic mass is 35.5. The summed E-state index contributed by atoms with van der Waals surface area (Å²) in [5.74, 6) is 0.400. The van der Waals surface area contributed by atoms with E-state index in [0.717, 1.165) is 0 Å². The Labute approximate surface area is 92.6 Å². The van der Waals surface area contributed by atoms with E-state index in [-0.39, 0.29) is 10.8 Å². The van der Waals surface area contributed by atoms with E-state index in [4.69, 9.17) is 11.6 Å². The van der Waals surface area contributed by atoms with Crippen molar-refractivity contribution in [1.29, 1.82) is 0 Å². The largest absolute Gasteiger partial charge is 0.379 e. The van der Waals surface area contributed by atoms with Crippen LogP contribution in [0.15, 0.2) is 12.3 Å². The predicted molar refractivity (Wildman–Crippen MR) is 59.2 cm³/mol. The minimum absolute atomic E-state index is 0.0891. The molecule has 15 heavy (non-hydrogen) atoms. The Morgan fingerprint density at radius 2 is 2.33 bits per heavy atom. The van der Waals surface area contributed by atoms with Crippen LogP contribution in [0.2, 0.25) is 5.15 Å². The van der Waals surface area contributed by atoms with Crippen molar-refractivity contribution in [2.45, 2.75) is 13.8 Å². The molecule has 1 N–H and O–H groups in total. The fourth-order valence-corrected chi connectivity index (χ4v) is 1.29. The highest BCUT2D eigenvalue weighted by Gasteiger charge is 2.19. The van der Waals surface area contributed by atoms with E-state index >= 15 is 0 Å². The van der Waals surface area contributed by atoms with Crippen molar-refractivity contribution in [2.24, 2.45) is 5.92 Å². The van der Waals surface area contributed by atoms with Gasteiger partial charge in [0.25, 0.3) is 0 Å². The maximum absolute atomic E-state index is 10.7. The molecule has 0 radical (unpaired) electrons. The van der Waals surface area contributed by atoms with Crippen LogP contribution in [0, 0.1) is 16.0 Å². The smallest absolute Gasteiger partial charge is 0.329 e. The van der Waals surface area contributed by atoms with Crippen molar-refractivity contribution in [2.75, 3.05) is 11.9 Å². The van der Waals surface area contributed by atoms with E-state index in [1.54, 1.807) is 6.07 Å². The van der Waals surface area contributed by atoms with E-state index < -0.39 is 4.92 Å². The zero-order valence-electron chi connectivity index (χ0n) is 8.53. The van der Waals surface area contributed by atoms with E-state index in [1.807, 2.05) is 13.8 Å². The lowest BCUT2D eigenvalue weighted by atomic mass is 10.2. The highest BCUT2D eigenvalue weighted by molar-refractivity contribution is 6.32. The Kier molecular flexibility index (Phi) is 3.85. The summed E-state index contributed by atoms with van der Waals surface area (Å²) in [6, 6.07) is 1.55. The van der Waals surface area contributed by atoms with Gasteiger partial charge in [-0.25, -0.2) is 4.98 Å². The van der Waals surface area contributed by atoms with Gasteiger partial charge < -0.3 is 5.32 Å². The first-order valence-electron chi connectivity index (χ1n) is 4.55. The molecule has 0 saturated heterocycles. The fourth-order valence-electron chi connectivity index (χ4n) is 1.06. The quantitative estimate of drug-likeness (QED) is 0.490. The molecule has 1 aromatic rings. The highest BCUT2D eigenvalue weighted by Crippen LogP contribution is 2.30. The van der Waals surface area contributed by atoms with Crippen molar-refractivity contribution in [3.8, 4) is 0 Å². The maximum atomic E-state index is 10.7. The first kappa shape index (κ1) is 11.7. The number of hydrogen-bond donors (Lipinski definition) is 1. The van der Waals surface area contributed by atoms with Gasteiger partial charge in [-0.2, -0.15) is 0 Å². The molecular formula is C9H12ClN3O2. The van der Waals surface area contributed by atoms with Crippen LogP contribution in [0.4, 0.5) is 11.4 Å². The number of hydrogen-bond acceptors (Lipinski definition) is 4. The molecule has 0 saturated carbocycles. The zero-order valence-corrected chi connectivity index (χ0v) is 9.28. The maximum Gasteiger partial charge on any atom is 0.329 e. The van der Waals surface area contributed by atoms with Gasteiger partial charge in [-0.1, -0.05) is 25.4 Å². The van der Waals surface area contributed by atoms with Gasteiger partial charge in [0.1, 0.15) is 5.69 Å². The topological polar surface area (TPSA) is 68.1 Å². The minimum atomic E-state index is -0.530. The summed E-state index contributed by atoms with van der Waals surface area (Å²) < 4.78 is 0. The third-order valence-electron chi connectivity index (χ3n) is 1.76. The zero-order chi connectivity index (χ0) is 11.4. The lowest BCUT2D eigenvalue weighted by Crippen LogP contribution is -2.09. The molecule has 0 aromatic carbocycles. The van der Waals surface area contributed by atoms with Gasteiger partial charge in [-0.3, -0.25) is 10.1 Å². The number of anilines is 1. The average Bonchev–Trinajstić information content (AvgIpc) is 2.13. The third kappa shape index (κ3) is 3.06. The Hall–Kier alpha value is -1.36. The first-order chi connectivity index (χ1) is 7.02. The van der Waals surface area contributed by atoms with Crippen LogP contribution in [0.1, 0.15) is 13.8 Å². The molecular weight excluding hydrogens is 218 g/mol. The van der Waals surface area contributed by atoms with Gasteiger partial charge in [-0.15, -0.1) is 0 Å². The molecule has 0 amide bonds. The van der Waals surface area contributed by atoms with Gasteiger partial charge in [0.2, 0.25) is 5.15 Å². The van der Waals surface area contributed by atoms with Crippen LogP contribution in [-0.4, -0.2) is 16.5 Å². The van der Waals surface area contributed by atoms with Crippen LogP contribution >= 0.6 is 11.6 Å². The average molecular weight is 230 g/mol. The molecule has 0 spiro atoms. The van der Waals surface area contributed by atoms with Crippen LogP contribution in [-0.2, 0) is 0 Å². The molecule has 0 atom stereocenters. The van der Waals surface area contributed by atoms with Crippen molar-refractivity contribution in [3.05, 3.63) is 27.5 Å². The molecule has 0 bridgehead atoms. The number of halogens is 1. The number of nitro groups is 1. The summed E-state index contributed by atoms with van der Waals surface area (Å²) in [5.41, 5.74) is 0.244. The van der Waals surface area contributed by atoms with E-state index in [0.29, 0.717) is 18.2 Å². The monoisotopic (exact) mass is 229 g/mol. The standard InChI is InChI=1S/C9H12ClN3O2/c1-6(2)5-12-7-3-4-11-9(10)8(7)13(14)15/h3-4,6H,5H2,1-2H3,(H,11,12). The fraction of sp³-hybridized carbons (Fsp3) is 0.444. The lowest BCUT2D eigenvalue weighted by molar-refractivity contribution is -0.384. The lowest BCUT2D eigenvalue weighted by Gasteiger charge is -2.09. The van der Waals surface area contributed by atoms with Crippen LogP contribution in [0.25, 0.3) is 0 Å². The van der Waals surface area contributed by atoms with Crippen molar-refractivity contribution < 1.29 is 4.92 Å². The van der Waals surface area contributed by atoms with Crippen LogP contribution < -0.4 is 5.32 Å². The van der Waals surface area contributed by atoms with Gasteiger partial charge in [0, 0.05) is 12.7 Å². The predicted octanol–water partition coefficient (Wildman–Crippen LogP) is 2.71. The summed E-state index contributed by atoms with van der Waals surface area (Å²) >= 11 is 5.65. The van der Waals surface area contributed by atoms with Gasteiger partial charge >= 0.3 is 5.69 Å². The molecule has 0 aliphatic heterocycles. The molecule has 1 heterocycles. The Bertz CT molecular complexity index is 368. The van der Waals surface area contributed by atoms with Crippen LogP contribution in [0.5, 0.6) is 0 Å². The molecule has 0 aliphatic rings. The molecule has 6 heteroatoms. The van der Waals surface area contributed by atoms with Crippen molar-refractivity contribution in [3.63, 3.8) is 0 Å². The van der Waals surface area contributed by atoms with E-state index in [1.165, 1.54) is 6.20 Å².